The van der Waals surface area contributed by atoms with Crippen LogP contribution in [0.3, 0.4) is 0 Å². The molecule has 3 rings (SSSR count). The first-order valence-corrected chi connectivity index (χ1v) is 6.43. The highest BCUT2D eigenvalue weighted by atomic mass is 16.2. The number of hydrogen-bond acceptors (Lipinski definition) is 2. The molecule has 0 aromatic carbocycles. The van der Waals surface area contributed by atoms with Gasteiger partial charge in [0.25, 0.3) is 0 Å². The highest BCUT2D eigenvalue weighted by Crippen LogP contribution is 2.48. The number of nitrogens with one attached hydrogen (secondary N) is 1. The Labute approximate surface area is 96.2 Å². The maximum atomic E-state index is 11.8. The first kappa shape index (κ1) is 10.1. The molecular formula is C13H18N2O. The zero-order valence-corrected chi connectivity index (χ0v) is 9.54. The number of amides is 1. The Morgan fingerprint density at radius 1 is 1.38 bits per heavy atom. The maximum Gasteiger partial charge on any atom is 0.240 e. The van der Waals surface area contributed by atoms with E-state index in [9.17, 15) is 4.79 Å². The van der Waals surface area contributed by atoms with Crippen LogP contribution in [0.2, 0.25) is 0 Å². The molecule has 1 amide bonds. The Bertz CT molecular complexity index is 353. The summed E-state index contributed by atoms with van der Waals surface area (Å²) in [5.74, 6) is 2.45. The zero-order valence-electron chi connectivity index (χ0n) is 9.54. The van der Waals surface area contributed by atoms with Crippen molar-refractivity contribution >= 4 is 5.91 Å². The molecule has 0 saturated heterocycles. The summed E-state index contributed by atoms with van der Waals surface area (Å²) in [6.07, 6.45) is 6.94. The third-order valence-electron chi connectivity index (χ3n) is 4.81. The third-order valence-corrected chi connectivity index (χ3v) is 4.81. The van der Waals surface area contributed by atoms with Gasteiger partial charge < -0.3 is 5.32 Å². The van der Waals surface area contributed by atoms with Gasteiger partial charge >= 0.3 is 0 Å². The van der Waals surface area contributed by atoms with Crippen molar-refractivity contribution in [1.29, 1.82) is 5.26 Å². The average molecular weight is 218 g/mol. The van der Waals surface area contributed by atoms with Gasteiger partial charge in [0.05, 0.1) is 6.07 Å². The summed E-state index contributed by atoms with van der Waals surface area (Å²) in [5, 5.41) is 11.9. The van der Waals surface area contributed by atoms with Gasteiger partial charge in [0.2, 0.25) is 5.91 Å². The molecule has 3 aliphatic carbocycles. The largest absolute Gasteiger partial charge is 0.354 e. The minimum atomic E-state index is -0.641. The molecule has 16 heavy (non-hydrogen) atoms. The smallest absolute Gasteiger partial charge is 0.240 e. The molecule has 0 radical (unpaired) electrons. The molecule has 0 aromatic heterocycles. The Morgan fingerprint density at radius 2 is 2.19 bits per heavy atom. The summed E-state index contributed by atoms with van der Waals surface area (Å²) in [6, 6.07) is 2.15. The predicted molar refractivity (Wildman–Crippen MR) is 59.2 cm³/mol. The average Bonchev–Trinajstić information content (AvgIpc) is 2.84. The van der Waals surface area contributed by atoms with Crippen molar-refractivity contribution in [3.63, 3.8) is 0 Å². The highest BCUT2D eigenvalue weighted by molar-refractivity contribution is 5.88. The summed E-state index contributed by atoms with van der Waals surface area (Å²) < 4.78 is 0. The minimum Gasteiger partial charge on any atom is -0.354 e. The van der Waals surface area contributed by atoms with E-state index in [-0.39, 0.29) is 5.91 Å². The summed E-state index contributed by atoms with van der Waals surface area (Å²) in [6.45, 7) is 0.809. The Kier molecular flexibility index (Phi) is 2.20. The number of carbonyl (C=O) groups excluding carboxylic acids is 1. The molecule has 3 fully saturated rings. The summed E-state index contributed by atoms with van der Waals surface area (Å²) >= 11 is 0. The van der Waals surface area contributed by atoms with Crippen LogP contribution in [0.1, 0.15) is 38.5 Å². The number of fused-ring (bicyclic) bond motifs is 2. The van der Waals surface area contributed by atoms with Gasteiger partial charge in [0.15, 0.2) is 0 Å². The van der Waals surface area contributed by atoms with E-state index in [4.69, 9.17) is 5.26 Å². The monoisotopic (exact) mass is 218 g/mol. The second-order valence-corrected chi connectivity index (χ2v) is 5.84. The number of hydrogen-bond donors (Lipinski definition) is 1. The van der Waals surface area contributed by atoms with Crippen LogP contribution < -0.4 is 5.32 Å². The lowest BCUT2D eigenvalue weighted by atomic mass is 9.88. The van der Waals surface area contributed by atoms with E-state index in [1.807, 2.05) is 0 Å². The van der Waals surface area contributed by atoms with Gasteiger partial charge in [0.1, 0.15) is 5.41 Å². The second-order valence-electron chi connectivity index (χ2n) is 5.84. The van der Waals surface area contributed by atoms with Gasteiger partial charge in [0, 0.05) is 6.54 Å². The van der Waals surface area contributed by atoms with Crippen molar-refractivity contribution in [2.45, 2.75) is 38.5 Å². The summed E-state index contributed by atoms with van der Waals surface area (Å²) in [4.78, 5) is 11.8. The van der Waals surface area contributed by atoms with Crippen molar-refractivity contribution in [2.24, 2.45) is 23.2 Å². The third kappa shape index (κ3) is 1.52. The molecule has 3 nitrogen and oxygen atoms in total. The first-order valence-electron chi connectivity index (χ1n) is 6.43. The van der Waals surface area contributed by atoms with Gasteiger partial charge in [-0.1, -0.05) is 6.42 Å². The normalized spacial score (nSPS) is 38.1. The number of carbonyl (C=O) groups is 1. The Hall–Kier alpha value is -1.04. The molecular weight excluding hydrogens is 200 g/mol. The van der Waals surface area contributed by atoms with Crippen molar-refractivity contribution in [3.8, 4) is 6.07 Å². The topological polar surface area (TPSA) is 52.9 Å². The molecule has 3 atom stereocenters. The van der Waals surface area contributed by atoms with Crippen LogP contribution in [-0.4, -0.2) is 12.5 Å². The Balaban J connectivity index is 1.51. The van der Waals surface area contributed by atoms with E-state index in [2.05, 4.69) is 11.4 Å². The predicted octanol–water partition coefficient (Wildman–Crippen LogP) is 1.84. The number of nitriles is 1. The lowest BCUT2D eigenvalue weighted by Gasteiger charge is -2.22. The fraction of sp³-hybridized carbons (Fsp3) is 0.846. The summed E-state index contributed by atoms with van der Waals surface area (Å²) in [7, 11) is 0. The molecule has 86 valence electrons. The maximum absolute atomic E-state index is 11.8. The lowest BCUT2D eigenvalue weighted by Crippen LogP contribution is -2.36. The van der Waals surface area contributed by atoms with Crippen LogP contribution in [0.25, 0.3) is 0 Å². The van der Waals surface area contributed by atoms with Crippen LogP contribution in [0, 0.1) is 34.5 Å². The van der Waals surface area contributed by atoms with Gasteiger partial charge in [-0.2, -0.15) is 5.26 Å². The molecule has 0 aromatic rings. The van der Waals surface area contributed by atoms with Crippen LogP contribution in [0.15, 0.2) is 0 Å². The van der Waals surface area contributed by atoms with Crippen molar-refractivity contribution in [1.82, 2.24) is 5.32 Å². The molecule has 1 N–H and O–H groups in total. The van der Waals surface area contributed by atoms with Crippen LogP contribution in [0.5, 0.6) is 0 Å². The second kappa shape index (κ2) is 3.48. The molecule has 3 saturated carbocycles. The number of rotatable bonds is 3. The van der Waals surface area contributed by atoms with Crippen LogP contribution >= 0.6 is 0 Å². The van der Waals surface area contributed by atoms with E-state index >= 15 is 0 Å². The molecule has 3 aliphatic rings. The van der Waals surface area contributed by atoms with Gasteiger partial charge in [-0.05, 0) is 49.9 Å². The van der Waals surface area contributed by atoms with Gasteiger partial charge in [-0.3, -0.25) is 4.79 Å². The van der Waals surface area contributed by atoms with Gasteiger partial charge in [-0.15, -0.1) is 0 Å². The Morgan fingerprint density at radius 3 is 2.69 bits per heavy atom. The molecule has 0 aliphatic heterocycles. The standard InChI is InChI=1S/C13H18N2O/c14-8-13(3-4-13)12(16)15-7-11-6-9-1-2-10(11)5-9/h9-11H,1-7H2,(H,15,16). The molecule has 2 bridgehead atoms. The molecule has 0 heterocycles. The highest BCUT2D eigenvalue weighted by Gasteiger charge is 2.51. The van der Waals surface area contributed by atoms with Gasteiger partial charge in [-0.25, -0.2) is 0 Å². The SMILES string of the molecule is N#CC1(C(=O)NCC2CC3CCC2C3)CC1. The lowest BCUT2D eigenvalue weighted by molar-refractivity contribution is -0.124. The van der Waals surface area contributed by atoms with Crippen molar-refractivity contribution < 1.29 is 4.79 Å². The molecule has 3 heteroatoms. The number of nitrogens with zero attached hydrogens (tertiary/aromatic N) is 1. The fourth-order valence-electron chi connectivity index (χ4n) is 3.53. The van der Waals surface area contributed by atoms with E-state index in [1.54, 1.807) is 0 Å². The zero-order chi connectivity index (χ0) is 11.2. The van der Waals surface area contributed by atoms with E-state index in [0.29, 0.717) is 5.92 Å². The van der Waals surface area contributed by atoms with Crippen LogP contribution in [0.4, 0.5) is 0 Å². The quantitative estimate of drug-likeness (QED) is 0.786. The van der Waals surface area contributed by atoms with E-state index < -0.39 is 5.41 Å². The van der Waals surface area contributed by atoms with Crippen molar-refractivity contribution in [2.75, 3.05) is 6.54 Å². The first-order chi connectivity index (χ1) is 7.73. The van der Waals surface area contributed by atoms with Crippen molar-refractivity contribution in [3.05, 3.63) is 0 Å². The molecule has 3 unspecified atom stereocenters. The summed E-state index contributed by atoms with van der Waals surface area (Å²) in [5.41, 5.74) is -0.641. The van der Waals surface area contributed by atoms with E-state index in [1.165, 1.54) is 25.7 Å². The van der Waals surface area contributed by atoms with E-state index in [0.717, 1.165) is 31.2 Å². The molecule has 0 spiro atoms. The minimum absolute atomic E-state index is 0.0160. The van der Waals surface area contributed by atoms with Crippen LogP contribution in [-0.2, 0) is 4.79 Å². The fourth-order valence-corrected chi connectivity index (χ4v) is 3.53.